The molecule has 0 amide bonds. The van der Waals surface area contributed by atoms with Gasteiger partial charge in [-0.2, -0.15) is 0 Å². The Kier molecular flexibility index (Phi) is 4.64. The monoisotopic (exact) mass is 271 g/mol. The second-order valence-electron chi connectivity index (χ2n) is 5.02. The van der Waals surface area contributed by atoms with E-state index in [2.05, 4.69) is 36.5 Å². The molecule has 0 spiro atoms. The summed E-state index contributed by atoms with van der Waals surface area (Å²) in [4.78, 5) is 0. The second kappa shape index (κ2) is 6.44. The smallest absolute Gasteiger partial charge is 0.120 e. The third kappa shape index (κ3) is 3.52. The molecule has 1 atom stereocenters. The van der Waals surface area contributed by atoms with E-state index in [-0.39, 0.29) is 17.5 Å². The molecule has 0 saturated carbocycles. The molecule has 2 aromatic rings. The maximum Gasteiger partial charge on any atom is 0.120 e. The molecule has 0 aliphatic carbocycles. The fourth-order valence-electron chi connectivity index (χ4n) is 2.16. The first-order valence-electron chi connectivity index (χ1n) is 6.93. The summed E-state index contributed by atoms with van der Waals surface area (Å²) in [5.41, 5.74) is 3.23. The lowest BCUT2D eigenvalue weighted by molar-refractivity contribution is 0.440. The maximum atomic E-state index is 9.82. The summed E-state index contributed by atoms with van der Waals surface area (Å²) in [6.45, 7) is 4.83. The van der Waals surface area contributed by atoms with Crippen LogP contribution < -0.4 is 5.32 Å². The molecule has 0 bridgehead atoms. The molecule has 2 rings (SSSR count). The minimum absolute atomic E-state index is 0.0343. The summed E-state index contributed by atoms with van der Waals surface area (Å²) in [5, 5.41) is 22.7. The third-order valence-corrected chi connectivity index (χ3v) is 3.52. The number of benzene rings is 2. The molecule has 3 N–H and O–H groups in total. The van der Waals surface area contributed by atoms with Crippen molar-refractivity contribution in [3.05, 3.63) is 59.2 Å². The van der Waals surface area contributed by atoms with Crippen molar-refractivity contribution >= 4 is 0 Å². The Morgan fingerprint density at radius 3 is 2.30 bits per heavy atom. The van der Waals surface area contributed by atoms with Crippen LogP contribution in [0.15, 0.2) is 42.5 Å². The Hall–Kier alpha value is -2.00. The van der Waals surface area contributed by atoms with Crippen LogP contribution in [0.2, 0.25) is 0 Å². The van der Waals surface area contributed by atoms with Crippen molar-refractivity contribution in [3.63, 3.8) is 0 Å². The molecule has 106 valence electrons. The highest BCUT2D eigenvalue weighted by Crippen LogP contribution is 2.27. The van der Waals surface area contributed by atoms with Crippen LogP contribution in [0.3, 0.4) is 0 Å². The van der Waals surface area contributed by atoms with Gasteiger partial charge in [-0.25, -0.2) is 0 Å². The number of phenols is 2. The minimum atomic E-state index is -0.0343. The Morgan fingerprint density at radius 1 is 1.00 bits per heavy atom. The van der Waals surface area contributed by atoms with Crippen LogP contribution in [-0.4, -0.2) is 10.2 Å². The molecule has 3 nitrogen and oxygen atoms in total. The fraction of sp³-hybridized carbons (Fsp3) is 0.294. The third-order valence-electron chi connectivity index (χ3n) is 3.52. The number of aryl methyl sites for hydroxylation is 1. The van der Waals surface area contributed by atoms with Crippen molar-refractivity contribution in [2.24, 2.45) is 0 Å². The first kappa shape index (κ1) is 14.4. The standard InChI is InChI=1S/C17H21NO2/c1-3-13-4-6-14(7-5-13)11-18-12(2)16-10-15(19)8-9-17(16)20/h4-10,12,18-20H,3,11H2,1-2H3. The molecule has 0 aliphatic rings. The van der Waals surface area contributed by atoms with Gasteiger partial charge in [0.1, 0.15) is 11.5 Å². The van der Waals surface area contributed by atoms with E-state index >= 15 is 0 Å². The van der Waals surface area contributed by atoms with E-state index in [0.717, 1.165) is 13.0 Å². The Morgan fingerprint density at radius 2 is 1.65 bits per heavy atom. The number of aromatic hydroxyl groups is 2. The molecule has 0 heterocycles. The van der Waals surface area contributed by atoms with Crippen molar-refractivity contribution in [2.75, 3.05) is 0 Å². The van der Waals surface area contributed by atoms with Gasteiger partial charge in [0.05, 0.1) is 0 Å². The average Bonchev–Trinajstić information content (AvgIpc) is 2.47. The quantitative estimate of drug-likeness (QED) is 0.729. The van der Waals surface area contributed by atoms with Gasteiger partial charge in [0.2, 0.25) is 0 Å². The predicted molar refractivity (Wildman–Crippen MR) is 80.8 cm³/mol. The highest BCUT2D eigenvalue weighted by molar-refractivity contribution is 5.40. The van der Waals surface area contributed by atoms with Gasteiger partial charge < -0.3 is 15.5 Å². The van der Waals surface area contributed by atoms with Gasteiger partial charge in [-0.3, -0.25) is 0 Å². The second-order valence-corrected chi connectivity index (χ2v) is 5.02. The molecule has 20 heavy (non-hydrogen) atoms. The van der Waals surface area contributed by atoms with Gasteiger partial charge in [0, 0.05) is 18.2 Å². The van der Waals surface area contributed by atoms with Gasteiger partial charge in [-0.1, -0.05) is 31.2 Å². The van der Waals surface area contributed by atoms with Crippen LogP contribution >= 0.6 is 0 Å². The van der Waals surface area contributed by atoms with Gasteiger partial charge in [0.25, 0.3) is 0 Å². The van der Waals surface area contributed by atoms with Gasteiger partial charge in [-0.15, -0.1) is 0 Å². The highest BCUT2D eigenvalue weighted by Gasteiger charge is 2.10. The van der Waals surface area contributed by atoms with E-state index < -0.39 is 0 Å². The van der Waals surface area contributed by atoms with Crippen LogP contribution in [0.25, 0.3) is 0 Å². The van der Waals surface area contributed by atoms with E-state index in [1.54, 1.807) is 6.07 Å². The molecule has 2 aromatic carbocycles. The topological polar surface area (TPSA) is 52.5 Å². The molecule has 0 aliphatic heterocycles. The molecular weight excluding hydrogens is 250 g/mol. The number of nitrogens with one attached hydrogen (secondary N) is 1. The zero-order valence-corrected chi connectivity index (χ0v) is 11.9. The van der Waals surface area contributed by atoms with Crippen LogP contribution in [-0.2, 0) is 13.0 Å². The normalized spacial score (nSPS) is 12.3. The van der Waals surface area contributed by atoms with E-state index in [4.69, 9.17) is 0 Å². The SMILES string of the molecule is CCc1ccc(CNC(C)c2cc(O)ccc2O)cc1. The summed E-state index contributed by atoms with van der Waals surface area (Å²) >= 11 is 0. The summed E-state index contributed by atoms with van der Waals surface area (Å²) < 4.78 is 0. The molecular formula is C17H21NO2. The molecule has 3 heteroatoms. The molecule has 0 fully saturated rings. The van der Waals surface area contributed by atoms with E-state index in [9.17, 15) is 10.2 Å². The Bertz CT molecular complexity index is 564. The largest absolute Gasteiger partial charge is 0.508 e. The zero-order valence-electron chi connectivity index (χ0n) is 11.9. The first-order valence-corrected chi connectivity index (χ1v) is 6.93. The van der Waals surface area contributed by atoms with Crippen LogP contribution in [0, 0.1) is 0 Å². The van der Waals surface area contributed by atoms with E-state index in [0.29, 0.717) is 5.56 Å². The number of hydrogen-bond donors (Lipinski definition) is 3. The summed E-state index contributed by atoms with van der Waals surface area (Å²) in [6, 6.07) is 13.0. The van der Waals surface area contributed by atoms with Gasteiger partial charge in [-0.05, 0) is 42.7 Å². The minimum Gasteiger partial charge on any atom is -0.508 e. The number of phenolic OH excluding ortho intramolecular Hbond substituents is 2. The Labute approximate surface area is 119 Å². The lowest BCUT2D eigenvalue weighted by Crippen LogP contribution is -2.18. The summed E-state index contributed by atoms with van der Waals surface area (Å²) in [7, 11) is 0. The van der Waals surface area contributed by atoms with E-state index in [1.165, 1.54) is 23.3 Å². The zero-order chi connectivity index (χ0) is 14.5. The van der Waals surface area contributed by atoms with Crippen molar-refractivity contribution in [3.8, 4) is 11.5 Å². The van der Waals surface area contributed by atoms with Crippen molar-refractivity contribution in [1.29, 1.82) is 0 Å². The number of rotatable bonds is 5. The predicted octanol–water partition coefficient (Wildman–Crippen LogP) is 3.51. The molecule has 1 unspecified atom stereocenters. The Balaban J connectivity index is 2.00. The molecule has 0 radical (unpaired) electrons. The lowest BCUT2D eigenvalue weighted by atomic mass is 10.1. The molecule has 0 aromatic heterocycles. The molecule has 0 saturated heterocycles. The average molecular weight is 271 g/mol. The maximum absolute atomic E-state index is 9.82. The van der Waals surface area contributed by atoms with Crippen molar-refractivity contribution in [1.82, 2.24) is 5.32 Å². The van der Waals surface area contributed by atoms with Gasteiger partial charge >= 0.3 is 0 Å². The first-order chi connectivity index (χ1) is 9.60. The van der Waals surface area contributed by atoms with Crippen molar-refractivity contribution < 1.29 is 10.2 Å². The fourth-order valence-corrected chi connectivity index (χ4v) is 2.16. The van der Waals surface area contributed by atoms with Crippen LogP contribution in [0.5, 0.6) is 11.5 Å². The summed E-state index contributed by atoms with van der Waals surface area (Å²) in [5.74, 6) is 0.364. The van der Waals surface area contributed by atoms with Gasteiger partial charge in [0.15, 0.2) is 0 Å². The van der Waals surface area contributed by atoms with Crippen molar-refractivity contribution in [2.45, 2.75) is 32.9 Å². The highest BCUT2D eigenvalue weighted by atomic mass is 16.3. The summed E-state index contributed by atoms with van der Waals surface area (Å²) in [6.07, 6.45) is 1.04. The van der Waals surface area contributed by atoms with Crippen LogP contribution in [0.1, 0.15) is 36.6 Å². The number of hydrogen-bond acceptors (Lipinski definition) is 3. The van der Waals surface area contributed by atoms with Crippen LogP contribution in [0.4, 0.5) is 0 Å². The lowest BCUT2D eigenvalue weighted by Gasteiger charge is -2.16. The van der Waals surface area contributed by atoms with E-state index in [1.807, 2.05) is 6.92 Å².